The molecule has 64 valence electrons. The van der Waals surface area contributed by atoms with E-state index in [9.17, 15) is 0 Å². The zero-order chi connectivity index (χ0) is 8.81. The molecule has 1 rings (SSSR count). The summed E-state index contributed by atoms with van der Waals surface area (Å²) < 4.78 is 0. The molecule has 0 aliphatic rings. The van der Waals surface area contributed by atoms with Gasteiger partial charge in [0.1, 0.15) is 6.10 Å². The zero-order valence-electron chi connectivity index (χ0n) is 7.40. The lowest BCUT2D eigenvalue weighted by molar-refractivity contribution is 0.0874. The number of hydrogen-bond acceptors (Lipinski definition) is 2. The Bertz CT molecular complexity index is 241. The van der Waals surface area contributed by atoms with Crippen LogP contribution in [0.3, 0.4) is 0 Å². The summed E-state index contributed by atoms with van der Waals surface area (Å²) >= 11 is 0. The van der Waals surface area contributed by atoms with E-state index in [2.05, 4.69) is 5.16 Å². The molecular weight excluding hydrogens is 150 g/mol. The topological polar surface area (TPSA) is 21.6 Å². The van der Waals surface area contributed by atoms with E-state index >= 15 is 0 Å². The molecule has 0 amide bonds. The molecule has 0 aliphatic carbocycles. The maximum Gasteiger partial charge on any atom is 0.122 e. The minimum atomic E-state index is 0.143. The van der Waals surface area contributed by atoms with Gasteiger partial charge in [0.15, 0.2) is 0 Å². The molecule has 0 spiro atoms. The summed E-state index contributed by atoms with van der Waals surface area (Å²) in [5.74, 6) is 0. The number of hydrogen-bond donors (Lipinski definition) is 0. The first-order valence-corrected chi connectivity index (χ1v) is 4.03. The highest BCUT2D eigenvalue weighted by Gasteiger charge is 1.87. The van der Waals surface area contributed by atoms with Crippen molar-refractivity contribution in [3.63, 3.8) is 0 Å². The smallest absolute Gasteiger partial charge is 0.122 e. The predicted octanol–water partition coefficient (Wildman–Crippen LogP) is 2.45. The van der Waals surface area contributed by atoms with E-state index in [1.54, 1.807) is 6.21 Å². The maximum absolute atomic E-state index is 5.02. The second-order valence-electron chi connectivity index (χ2n) is 2.80. The van der Waals surface area contributed by atoms with Crippen LogP contribution in [0.2, 0.25) is 0 Å². The van der Waals surface area contributed by atoms with Crippen molar-refractivity contribution in [2.45, 2.75) is 20.0 Å². The van der Waals surface area contributed by atoms with Gasteiger partial charge in [0.05, 0.1) is 6.21 Å². The number of benzene rings is 1. The van der Waals surface area contributed by atoms with Crippen LogP contribution >= 0.6 is 0 Å². The zero-order valence-corrected chi connectivity index (χ0v) is 7.40. The van der Waals surface area contributed by atoms with E-state index in [1.165, 1.54) is 0 Å². The third kappa shape index (κ3) is 3.19. The first-order valence-electron chi connectivity index (χ1n) is 4.03. The van der Waals surface area contributed by atoms with Crippen molar-refractivity contribution in [2.75, 3.05) is 0 Å². The Balaban J connectivity index is 2.47. The van der Waals surface area contributed by atoms with Crippen LogP contribution in [-0.4, -0.2) is 12.3 Å². The molecule has 0 heterocycles. The molecule has 0 bridgehead atoms. The van der Waals surface area contributed by atoms with Crippen molar-refractivity contribution in [1.29, 1.82) is 0 Å². The third-order valence-electron chi connectivity index (χ3n) is 1.27. The minimum Gasteiger partial charge on any atom is -0.393 e. The molecule has 0 saturated carbocycles. The molecule has 0 aliphatic heterocycles. The third-order valence-corrected chi connectivity index (χ3v) is 1.27. The second-order valence-corrected chi connectivity index (χ2v) is 2.80. The number of rotatable bonds is 3. The molecule has 0 N–H and O–H groups in total. The monoisotopic (exact) mass is 163 g/mol. The maximum atomic E-state index is 5.02. The van der Waals surface area contributed by atoms with Gasteiger partial charge in [-0.1, -0.05) is 35.5 Å². The van der Waals surface area contributed by atoms with E-state index in [1.807, 2.05) is 44.2 Å². The van der Waals surface area contributed by atoms with Gasteiger partial charge in [0, 0.05) is 0 Å². The summed E-state index contributed by atoms with van der Waals surface area (Å²) in [7, 11) is 0. The lowest BCUT2D eigenvalue weighted by Gasteiger charge is -1.99. The van der Waals surface area contributed by atoms with E-state index in [-0.39, 0.29) is 6.10 Å². The van der Waals surface area contributed by atoms with Crippen molar-refractivity contribution in [3.05, 3.63) is 35.9 Å². The van der Waals surface area contributed by atoms with E-state index in [0.717, 1.165) is 5.56 Å². The van der Waals surface area contributed by atoms with Gasteiger partial charge in [-0.2, -0.15) is 0 Å². The fourth-order valence-corrected chi connectivity index (χ4v) is 0.752. The number of oxime groups is 1. The van der Waals surface area contributed by atoms with Crippen molar-refractivity contribution < 1.29 is 4.84 Å². The van der Waals surface area contributed by atoms with E-state index in [4.69, 9.17) is 4.84 Å². The molecule has 0 unspecified atom stereocenters. The molecule has 1 aromatic rings. The molecule has 0 saturated heterocycles. The van der Waals surface area contributed by atoms with Crippen LogP contribution in [-0.2, 0) is 4.84 Å². The first kappa shape index (κ1) is 8.78. The quantitative estimate of drug-likeness (QED) is 0.495. The van der Waals surface area contributed by atoms with Gasteiger partial charge in [0.25, 0.3) is 0 Å². The normalized spacial score (nSPS) is 10.9. The summed E-state index contributed by atoms with van der Waals surface area (Å²) in [6, 6.07) is 9.87. The Morgan fingerprint density at radius 3 is 2.50 bits per heavy atom. The SMILES string of the molecule is CC(C)O/N=C\c1ccccc1. The molecular formula is C10H13NO. The molecule has 0 fully saturated rings. The lowest BCUT2D eigenvalue weighted by atomic mass is 10.2. The fraction of sp³-hybridized carbons (Fsp3) is 0.300. The van der Waals surface area contributed by atoms with Crippen LogP contribution in [0.4, 0.5) is 0 Å². The van der Waals surface area contributed by atoms with Crippen molar-refractivity contribution >= 4 is 6.21 Å². The molecule has 1 aromatic carbocycles. The summed E-state index contributed by atoms with van der Waals surface area (Å²) in [5, 5.41) is 3.82. The Hall–Kier alpha value is -1.31. The highest BCUT2D eigenvalue weighted by atomic mass is 16.6. The average molecular weight is 163 g/mol. The van der Waals surface area contributed by atoms with Crippen LogP contribution in [0.1, 0.15) is 19.4 Å². The summed E-state index contributed by atoms with van der Waals surface area (Å²) in [6.45, 7) is 3.89. The lowest BCUT2D eigenvalue weighted by Crippen LogP contribution is -1.95. The van der Waals surface area contributed by atoms with Gasteiger partial charge >= 0.3 is 0 Å². The fourth-order valence-electron chi connectivity index (χ4n) is 0.752. The van der Waals surface area contributed by atoms with Crippen LogP contribution in [0, 0.1) is 0 Å². The van der Waals surface area contributed by atoms with Gasteiger partial charge in [-0.05, 0) is 19.4 Å². The predicted molar refractivity (Wildman–Crippen MR) is 50.3 cm³/mol. The van der Waals surface area contributed by atoms with Crippen molar-refractivity contribution in [3.8, 4) is 0 Å². The van der Waals surface area contributed by atoms with Crippen molar-refractivity contribution in [2.24, 2.45) is 5.16 Å². The Labute approximate surface area is 72.9 Å². The average Bonchev–Trinajstić information content (AvgIpc) is 2.05. The molecule has 0 aromatic heterocycles. The van der Waals surface area contributed by atoms with E-state index < -0.39 is 0 Å². The van der Waals surface area contributed by atoms with Gasteiger partial charge in [-0.3, -0.25) is 0 Å². The molecule has 0 atom stereocenters. The van der Waals surface area contributed by atoms with Crippen LogP contribution in [0.25, 0.3) is 0 Å². The first-order chi connectivity index (χ1) is 5.79. The Morgan fingerprint density at radius 1 is 1.25 bits per heavy atom. The largest absolute Gasteiger partial charge is 0.393 e. The molecule has 0 radical (unpaired) electrons. The van der Waals surface area contributed by atoms with Gasteiger partial charge in [0.2, 0.25) is 0 Å². The van der Waals surface area contributed by atoms with Crippen molar-refractivity contribution in [1.82, 2.24) is 0 Å². The summed E-state index contributed by atoms with van der Waals surface area (Å²) in [4.78, 5) is 5.02. The Kier molecular flexibility index (Phi) is 3.33. The highest BCUT2D eigenvalue weighted by molar-refractivity contribution is 5.78. The molecule has 12 heavy (non-hydrogen) atoms. The van der Waals surface area contributed by atoms with Crippen LogP contribution < -0.4 is 0 Å². The number of nitrogens with zero attached hydrogens (tertiary/aromatic N) is 1. The highest BCUT2D eigenvalue weighted by Crippen LogP contribution is 1.95. The van der Waals surface area contributed by atoms with Gasteiger partial charge in [-0.25, -0.2) is 0 Å². The van der Waals surface area contributed by atoms with Gasteiger partial charge < -0.3 is 4.84 Å². The summed E-state index contributed by atoms with van der Waals surface area (Å²) in [6.07, 6.45) is 1.85. The standard InChI is InChI=1S/C10H13NO/c1-9(2)12-11-8-10-6-4-3-5-7-10/h3-9H,1-2H3/b11-8-. The Morgan fingerprint density at radius 2 is 1.92 bits per heavy atom. The van der Waals surface area contributed by atoms with Crippen LogP contribution in [0.5, 0.6) is 0 Å². The van der Waals surface area contributed by atoms with Crippen LogP contribution in [0.15, 0.2) is 35.5 Å². The van der Waals surface area contributed by atoms with E-state index in [0.29, 0.717) is 0 Å². The minimum absolute atomic E-state index is 0.143. The summed E-state index contributed by atoms with van der Waals surface area (Å²) in [5.41, 5.74) is 1.05. The van der Waals surface area contributed by atoms with Gasteiger partial charge in [-0.15, -0.1) is 0 Å². The second kappa shape index (κ2) is 4.54. The molecule has 2 nitrogen and oxygen atoms in total. The molecule has 2 heteroatoms.